The van der Waals surface area contributed by atoms with Gasteiger partial charge in [0.15, 0.2) is 5.96 Å². The maximum Gasteiger partial charge on any atom is 0.193 e. The molecule has 2 rings (SSSR count). The number of hydrogen-bond acceptors (Lipinski definition) is 1. The number of benzene rings is 1. The molecule has 0 aliphatic carbocycles. The molecule has 0 spiro atoms. The van der Waals surface area contributed by atoms with Crippen molar-refractivity contribution >= 4 is 5.96 Å². The molecular weight excluding hydrogens is 222 g/mol. The summed E-state index contributed by atoms with van der Waals surface area (Å²) in [6, 6.07) is 10.7. The molecule has 0 saturated carbocycles. The molecule has 0 unspecified atom stereocenters. The Bertz CT molecular complexity index is 367. The highest BCUT2D eigenvalue weighted by molar-refractivity contribution is 5.80. The van der Waals surface area contributed by atoms with Gasteiger partial charge >= 0.3 is 0 Å². The van der Waals surface area contributed by atoms with E-state index in [9.17, 15) is 0 Å². The Kier molecular flexibility index (Phi) is 5.06. The third-order valence-corrected chi connectivity index (χ3v) is 3.39. The summed E-state index contributed by atoms with van der Waals surface area (Å²) in [6.45, 7) is 3.30. The normalized spacial score (nSPS) is 16.1. The molecule has 1 aromatic rings. The van der Waals surface area contributed by atoms with Gasteiger partial charge in [-0.2, -0.15) is 0 Å². The van der Waals surface area contributed by atoms with E-state index < -0.39 is 0 Å². The third-order valence-electron chi connectivity index (χ3n) is 3.39. The van der Waals surface area contributed by atoms with Crippen LogP contribution in [-0.4, -0.2) is 37.5 Å². The van der Waals surface area contributed by atoms with E-state index in [1.807, 2.05) is 7.05 Å². The van der Waals surface area contributed by atoms with Crippen LogP contribution in [0.25, 0.3) is 0 Å². The van der Waals surface area contributed by atoms with Crippen LogP contribution in [-0.2, 0) is 6.42 Å². The summed E-state index contributed by atoms with van der Waals surface area (Å²) < 4.78 is 0. The lowest BCUT2D eigenvalue weighted by atomic mass is 10.1. The molecule has 0 amide bonds. The Morgan fingerprint density at radius 1 is 1.22 bits per heavy atom. The Morgan fingerprint density at radius 2 is 1.94 bits per heavy atom. The van der Waals surface area contributed by atoms with Crippen LogP contribution in [0.4, 0.5) is 0 Å². The van der Waals surface area contributed by atoms with Crippen molar-refractivity contribution in [3.8, 4) is 0 Å². The van der Waals surface area contributed by atoms with Crippen LogP contribution in [0.1, 0.15) is 24.8 Å². The number of nitrogens with zero attached hydrogens (tertiary/aromatic N) is 2. The predicted octanol–water partition coefficient (Wildman–Crippen LogP) is 2.29. The molecule has 0 atom stereocenters. The quantitative estimate of drug-likeness (QED) is 0.501. The largest absolute Gasteiger partial charge is 0.356 e. The first-order valence-electron chi connectivity index (χ1n) is 6.89. The SMILES string of the molecule is CN=C(NCCCc1ccccc1)N1CCCC1. The van der Waals surface area contributed by atoms with E-state index in [2.05, 4.69) is 45.5 Å². The zero-order chi connectivity index (χ0) is 12.6. The van der Waals surface area contributed by atoms with E-state index >= 15 is 0 Å². The lowest BCUT2D eigenvalue weighted by molar-refractivity contribution is 0.492. The number of aliphatic imine (C=N–C) groups is 1. The smallest absolute Gasteiger partial charge is 0.193 e. The van der Waals surface area contributed by atoms with Gasteiger partial charge in [0, 0.05) is 26.7 Å². The van der Waals surface area contributed by atoms with Gasteiger partial charge in [0.1, 0.15) is 0 Å². The van der Waals surface area contributed by atoms with Crippen molar-refractivity contribution in [1.29, 1.82) is 0 Å². The van der Waals surface area contributed by atoms with Crippen molar-refractivity contribution in [2.24, 2.45) is 4.99 Å². The molecule has 1 N–H and O–H groups in total. The molecule has 0 aromatic heterocycles. The molecule has 1 aromatic carbocycles. The van der Waals surface area contributed by atoms with Crippen molar-refractivity contribution in [1.82, 2.24) is 10.2 Å². The second-order valence-electron chi connectivity index (χ2n) is 4.76. The predicted molar refractivity (Wildman–Crippen MR) is 76.9 cm³/mol. The lowest BCUT2D eigenvalue weighted by Gasteiger charge is -2.20. The van der Waals surface area contributed by atoms with Crippen molar-refractivity contribution in [2.45, 2.75) is 25.7 Å². The van der Waals surface area contributed by atoms with E-state index in [0.29, 0.717) is 0 Å². The molecule has 1 fully saturated rings. The Morgan fingerprint density at radius 3 is 2.61 bits per heavy atom. The molecule has 1 aliphatic heterocycles. The van der Waals surface area contributed by atoms with E-state index in [4.69, 9.17) is 0 Å². The Balaban J connectivity index is 1.68. The molecular formula is C15H23N3. The van der Waals surface area contributed by atoms with E-state index in [-0.39, 0.29) is 0 Å². The topological polar surface area (TPSA) is 27.6 Å². The summed E-state index contributed by atoms with van der Waals surface area (Å²) in [7, 11) is 1.87. The Labute approximate surface area is 110 Å². The maximum absolute atomic E-state index is 4.35. The molecule has 1 saturated heterocycles. The van der Waals surface area contributed by atoms with Crippen molar-refractivity contribution in [3.63, 3.8) is 0 Å². The highest BCUT2D eigenvalue weighted by Crippen LogP contribution is 2.07. The number of nitrogens with one attached hydrogen (secondary N) is 1. The fourth-order valence-electron chi connectivity index (χ4n) is 2.40. The van der Waals surface area contributed by atoms with Gasteiger partial charge in [0.2, 0.25) is 0 Å². The van der Waals surface area contributed by atoms with Crippen LogP contribution in [0.15, 0.2) is 35.3 Å². The Hall–Kier alpha value is -1.51. The fourth-order valence-corrected chi connectivity index (χ4v) is 2.40. The van der Waals surface area contributed by atoms with Gasteiger partial charge in [-0.15, -0.1) is 0 Å². The highest BCUT2D eigenvalue weighted by Gasteiger charge is 2.14. The highest BCUT2D eigenvalue weighted by atomic mass is 15.3. The first kappa shape index (κ1) is 12.9. The van der Waals surface area contributed by atoms with Crippen LogP contribution in [0.3, 0.4) is 0 Å². The number of hydrogen-bond donors (Lipinski definition) is 1. The van der Waals surface area contributed by atoms with Gasteiger partial charge in [-0.1, -0.05) is 30.3 Å². The summed E-state index contributed by atoms with van der Waals surface area (Å²) in [5, 5.41) is 3.46. The molecule has 0 bridgehead atoms. The minimum absolute atomic E-state index is 0.998. The van der Waals surface area contributed by atoms with Gasteiger partial charge in [0.05, 0.1) is 0 Å². The van der Waals surface area contributed by atoms with Crippen LogP contribution in [0, 0.1) is 0 Å². The third kappa shape index (κ3) is 3.76. The first-order valence-corrected chi connectivity index (χ1v) is 6.89. The van der Waals surface area contributed by atoms with Gasteiger partial charge in [-0.25, -0.2) is 0 Å². The molecule has 1 aliphatic rings. The summed E-state index contributed by atoms with van der Waals surface area (Å²) in [5.74, 6) is 1.07. The average molecular weight is 245 g/mol. The molecule has 18 heavy (non-hydrogen) atoms. The zero-order valence-corrected chi connectivity index (χ0v) is 11.2. The molecule has 1 heterocycles. The minimum Gasteiger partial charge on any atom is -0.356 e. The second-order valence-corrected chi connectivity index (χ2v) is 4.76. The van der Waals surface area contributed by atoms with Gasteiger partial charge < -0.3 is 10.2 Å². The summed E-state index contributed by atoms with van der Waals surface area (Å²) in [4.78, 5) is 6.70. The minimum atomic E-state index is 0.998. The fraction of sp³-hybridized carbons (Fsp3) is 0.533. The van der Waals surface area contributed by atoms with Crippen LogP contribution in [0.5, 0.6) is 0 Å². The number of guanidine groups is 1. The average Bonchev–Trinajstić information content (AvgIpc) is 2.94. The zero-order valence-electron chi connectivity index (χ0n) is 11.2. The number of likely N-dealkylation sites (tertiary alicyclic amines) is 1. The lowest BCUT2D eigenvalue weighted by Crippen LogP contribution is -2.40. The molecule has 98 valence electrons. The second kappa shape index (κ2) is 7.04. The summed E-state index contributed by atoms with van der Waals surface area (Å²) in [5.41, 5.74) is 1.41. The van der Waals surface area contributed by atoms with Gasteiger partial charge in [-0.05, 0) is 31.2 Å². The summed E-state index contributed by atoms with van der Waals surface area (Å²) >= 11 is 0. The monoisotopic (exact) mass is 245 g/mol. The summed E-state index contributed by atoms with van der Waals surface area (Å²) in [6.07, 6.45) is 4.87. The molecule has 0 radical (unpaired) electrons. The van der Waals surface area contributed by atoms with Gasteiger partial charge in [-0.3, -0.25) is 4.99 Å². The van der Waals surface area contributed by atoms with Crippen molar-refractivity contribution in [3.05, 3.63) is 35.9 Å². The van der Waals surface area contributed by atoms with E-state index in [0.717, 1.165) is 38.4 Å². The van der Waals surface area contributed by atoms with Crippen molar-refractivity contribution in [2.75, 3.05) is 26.7 Å². The molecule has 3 heteroatoms. The van der Waals surface area contributed by atoms with E-state index in [1.54, 1.807) is 0 Å². The standard InChI is InChI=1S/C15H23N3/c1-16-15(18-12-5-6-13-18)17-11-7-10-14-8-3-2-4-9-14/h2-4,8-9H,5-7,10-13H2,1H3,(H,16,17). The van der Waals surface area contributed by atoms with Crippen molar-refractivity contribution < 1.29 is 0 Å². The van der Waals surface area contributed by atoms with Gasteiger partial charge in [0.25, 0.3) is 0 Å². The van der Waals surface area contributed by atoms with E-state index in [1.165, 1.54) is 18.4 Å². The molecule has 3 nitrogen and oxygen atoms in total. The number of rotatable bonds is 4. The van der Waals surface area contributed by atoms with Crippen LogP contribution >= 0.6 is 0 Å². The van der Waals surface area contributed by atoms with Crippen LogP contribution < -0.4 is 5.32 Å². The number of aryl methyl sites for hydroxylation is 1. The maximum atomic E-state index is 4.35. The van der Waals surface area contributed by atoms with Crippen LogP contribution in [0.2, 0.25) is 0 Å². The first-order chi connectivity index (χ1) is 8.90.